The van der Waals surface area contributed by atoms with Crippen LogP contribution in [0.15, 0.2) is 54.6 Å². The SMILES string of the molecule is COc1ccccc1C1CCCN(C(=O)/C=C/c2cccc(/C=C/C(=O)CO)n2)C1. The van der Waals surface area contributed by atoms with Crippen molar-refractivity contribution in [3.8, 4) is 5.75 Å². The summed E-state index contributed by atoms with van der Waals surface area (Å²) >= 11 is 0. The second-order valence-corrected chi connectivity index (χ2v) is 7.14. The van der Waals surface area contributed by atoms with E-state index in [2.05, 4.69) is 11.1 Å². The molecule has 2 heterocycles. The van der Waals surface area contributed by atoms with Gasteiger partial charge in [0.1, 0.15) is 12.4 Å². The van der Waals surface area contributed by atoms with Gasteiger partial charge in [-0.3, -0.25) is 9.59 Å². The maximum absolute atomic E-state index is 12.7. The van der Waals surface area contributed by atoms with Crippen LogP contribution in [-0.2, 0) is 9.59 Å². The standard InChI is InChI=1S/C24H26N2O4/c1-30-23-10-3-2-9-22(23)18-6-5-15-26(16-18)24(29)14-12-20-8-4-7-19(25-20)11-13-21(28)17-27/h2-4,7-14,18,27H,5-6,15-17H2,1H3/b13-11+,14-12+. The molecule has 6 heteroatoms. The van der Waals surface area contributed by atoms with Crippen LogP contribution in [0.3, 0.4) is 0 Å². The third-order valence-electron chi connectivity index (χ3n) is 5.10. The van der Waals surface area contributed by atoms with Gasteiger partial charge in [0.2, 0.25) is 5.91 Å². The molecule has 0 aliphatic carbocycles. The number of nitrogens with zero attached hydrogens (tertiary/aromatic N) is 2. The number of likely N-dealkylation sites (tertiary alicyclic amines) is 1. The van der Waals surface area contributed by atoms with E-state index < -0.39 is 6.61 Å². The van der Waals surface area contributed by atoms with E-state index in [1.54, 1.807) is 43.5 Å². The molecule has 1 aromatic heterocycles. The summed E-state index contributed by atoms with van der Waals surface area (Å²) in [6, 6.07) is 13.3. The number of benzene rings is 1. The average Bonchev–Trinajstić information content (AvgIpc) is 2.81. The van der Waals surface area contributed by atoms with Crippen molar-refractivity contribution in [2.45, 2.75) is 18.8 Å². The summed E-state index contributed by atoms with van der Waals surface area (Å²) in [5, 5.41) is 8.78. The lowest BCUT2D eigenvalue weighted by Crippen LogP contribution is -2.38. The van der Waals surface area contributed by atoms with Crippen LogP contribution in [0.1, 0.15) is 35.7 Å². The van der Waals surface area contributed by atoms with Crippen LogP contribution in [0.5, 0.6) is 5.75 Å². The molecule has 1 aromatic carbocycles. The first-order chi connectivity index (χ1) is 14.6. The van der Waals surface area contributed by atoms with E-state index in [-0.39, 0.29) is 17.6 Å². The maximum Gasteiger partial charge on any atom is 0.246 e. The van der Waals surface area contributed by atoms with Gasteiger partial charge in [-0.2, -0.15) is 0 Å². The molecule has 6 nitrogen and oxygen atoms in total. The van der Waals surface area contributed by atoms with Gasteiger partial charge < -0.3 is 14.7 Å². The summed E-state index contributed by atoms with van der Waals surface area (Å²) in [6.07, 6.45) is 8.02. The topological polar surface area (TPSA) is 79.7 Å². The summed E-state index contributed by atoms with van der Waals surface area (Å²) in [4.78, 5) is 30.2. The zero-order valence-corrected chi connectivity index (χ0v) is 17.0. The molecule has 0 saturated carbocycles. The molecule has 156 valence electrons. The molecular weight excluding hydrogens is 380 g/mol. The Bertz CT molecular complexity index is 952. The Morgan fingerprint density at radius 3 is 2.60 bits per heavy atom. The molecule has 1 amide bonds. The van der Waals surface area contributed by atoms with Gasteiger partial charge in [0.15, 0.2) is 5.78 Å². The van der Waals surface area contributed by atoms with E-state index in [1.165, 1.54) is 6.08 Å². The molecule has 0 bridgehead atoms. The summed E-state index contributed by atoms with van der Waals surface area (Å²) in [6.45, 7) is 0.855. The lowest BCUT2D eigenvalue weighted by atomic mass is 9.90. The number of pyridine rings is 1. The van der Waals surface area contributed by atoms with Gasteiger partial charge in [-0.25, -0.2) is 4.98 Å². The number of rotatable bonds is 7. The lowest BCUT2D eigenvalue weighted by molar-refractivity contribution is -0.127. The van der Waals surface area contributed by atoms with Crippen LogP contribution in [0, 0.1) is 0 Å². The number of carbonyl (C=O) groups excluding carboxylic acids is 2. The second-order valence-electron chi connectivity index (χ2n) is 7.14. The first-order valence-electron chi connectivity index (χ1n) is 9.99. The third kappa shape index (κ3) is 5.64. The molecule has 1 aliphatic rings. The van der Waals surface area contributed by atoms with Crippen molar-refractivity contribution in [3.63, 3.8) is 0 Å². The number of carbonyl (C=O) groups is 2. The fourth-order valence-corrected chi connectivity index (χ4v) is 3.58. The first kappa shape index (κ1) is 21.5. The molecule has 0 radical (unpaired) electrons. The van der Waals surface area contributed by atoms with Crippen molar-refractivity contribution < 1.29 is 19.4 Å². The molecule has 1 N–H and O–H groups in total. The molecule has 30 heavy (non-hydrogen) atoms. The lowest BCUT2D eigenvalue weighted by Gasteiger charge is -2.33. The molecule has 0 spiro atoms. The van der Waals surface area contributed by atoms with E-state index in [4.69, 9.17) is 9.84 Å². The van der Waals surface area contributed by atoms with Crippen molar-refractivity contribution in [2.75, 3.05) is 26.8 Å². The zero-order chi connectivity index (χ0) is 21.3. The van der Waals surface area contributed by atoms with Crippen LogP contribution < -0.4 is 4.74 Å². The third-order valence-corrected chi connectivity index (χ3v) is 5.10. The minimum absolute atomic E-state index is 0.0483. The predicted molar refractivity (Wildman–Crippen MR) is 116 cm³/mol. The number of methoxy groups -OCH3 is 1. The van der Waals surface area contributed by atoms with Crippen molar-refractivity contribution in [2.24, 2.45) is 0 Å². The number of amides is 1. The molecule has 1 fully saturated rings. The minimum Gasteiger partial charge on any atom is -0.496 e. The normalized spacial score (nSPS) is 16.9. The summed E-state index contributed by atoms with van der Waals surface area (Å²) < 4.78 is 5.49. The summed E-state index contributed by atoms with van der Waals surface area (Å²) in [5.41, 5.74) is 2.35. The number of aliphatic hydroxyl groups is 1. The predicted octanol–water partition coefficient (Wildman–Crippen LogP) is 3.08. The number of hydrogen-bond donors (Lipinski definition) is 1. The molecule has 1 atom stereocenters. The molecule has 1 saturated heterocycles. The molecule has 3 rings (SSSR count). The van der Waals surface area contributed by atoms with Crippen LogP contribution in [-0.4, -0.2) is 53.5 Å². The Morgan fingerprint density at radius 1 is 1.13 bits per heavy atom. The highest BCUT2D eigenvalue weighted by atomic mass is 16.5. The van der Waals surface area contributed by atoms with Crippen LogP contribution in [0.2, 0.25) is 0 Å². The number of aliphatic hydroxyl groups excluding tert-OH is 1. The molecular formula is C24H26N2O4. The number of para-hydroxylation sites is 1. The highest BCUT2D eigenvalue weighted by Gasteiger charge is 2.25. The summed E-state index contributed by atoms with van der Waals surface area (Å²) in [5.74, 6) is 0.680. The van der Waals surface area contributed by atoms with Crippen LogP contribution in [0.25, 0.3) is 12.2 Å². The van der Waals surface area contributed by atoms with Crippen molar-refractivity contribution in [1.82, 2.24) is 9.88 Å². The fourth-order valence-electron chi connectivity index (χ4n) is 3.58. The number of ether oxygens (including phenoxy) is 1. The van der Waals surface area contributed by atoms with Crippen molar-refractivity contribution >= 4 is 23.8 Å². The minimum atomic E-state index is -0.531. The quantitative estimate of drug-likeness (QED) is 0.715. The Balaban J connectivity index is 1.66. The van der Waals surface area contributed by atoms with Gasteiger partial charge in [-0.15, -0.1) is 0 Å². The maximum atomic E-state index is 12.7. The van der Waals surface area contributed by atoms with E-state index in [0.717, 1.165) is 30.7 Å². The van der Waals surface area contributed by atoms with Gasteiger partial charge in [0.05, 0.1) is 18.5 Å². The number of ketones is 1. The fraction of sp³-hybridized carbons (Fsp3) is 0.292. The number of aromatic nitrogens is 1. The molecule has 1 unspecified atom stereocenters. The van der Waals surface area contributed by atoms with Crippen LogP contribution in [0.4, 0.5) is 0 Å². The Labute approximate surface area is 176 Å². The van der Waals surface area contributed by atoms with E-state index in [9.17, 15) is 9.59 Å². The molecule has 1 aliphatic heterocycles. The Hall–Kier alpha value is -3.25. The van der Waals surface area contributed by atoms with Crippen molar-refractivity contribution in [1.29, 1.82) is 0 Å². The Morgan fingerprint density at radius 2 is 1.87 bits per heavy atom. The largest absolute Gasteiger partial charge is 0.496 e. The zero-order valence-electron chi connectivity index (χ0n) is 17.0. The second kappa shape index (κ2) is 10.5. The van der Waals surface area contributed by atoms with Gasteiger partial charge in [-0.1, -0.05) is 24.3 Å². The van der Waals surface area contributed by atoms with E-state index in [0.29, 0.717) is 17.9 Å². The van der Waals surface area contributed by atoms with Gasteiger partial charge >= 0.3 is 0 Å². The highest BCUT2D eigenvalue weighted by molar-refractivity contribution is 5.94. The first-order valence-corrected chi connectivity index (χ1v) is 9.99. The van der Waals surface area contributed by atoms with E-state index in [1.807, 2.05) is 23.1 Å². The summed E-state index contributed by atoms with van der Waals surface area (Å²) in [7, 11) is 1.67. The van der Waals surface area contributed by atoms with Gasteiger partial charge in [0, 0.05) is 25.1 Å². The Kier molecular flexibility index (Phi) is 7.51. The van der Waals surface area contributed by atoms with Crippen molar-refractivity contribution in [3.05, 3.63) is 71.6 Å². The smallest absolute Gasteiger partial charge is 0.246 e. The number of piperidine rings is 1. The van der Waals surface area contributed by atoms with Gasteiger partial charge in [0.25, 0.3) is 0 Å². The number of hydrogen-bond acceptors (Lipinski definition) is 5. The van der Waals surface area contributed by atoms with Gasteiger partial charge in [-0.05, 0) is 54.8 Å². The molecule has 2 aromatic rings. The monoisotopic (exact) mass is 406 g/mol. The highest BCUT2D eigenvalue weighted by Crippen LogP contribution is 2.33. The average molecular weight is 406 g/mol. The van der Waals surface area contributed by atoms with Crippen LogP contribution >= 0.6 is 0 Å². The van der Waals surface area contributed by atoms with E-state index >= 15 is 0 Å².